The van der Waals surface area contributed by atoms with Crippen LogP contribution in [0.5, 0.6) is 0 Å². The number of benzene rings is 1. The minimum absolute atomic E-state index is 0.135. The molecule has 1 heterocycles. The lowest BCUT2D eigenvalue weighted by atomic mass is 10.1. The summed E-state index contributed by atoms with van der Waals surface area (Å²) in [5, 5.41) is 0.264. The van der Waals surface area contributed by atoms with Gasteiger partial charge in [-0.05, 0) is 12.1 Å². The van der Waals surface area contributed by atoms with Crippen LogP contribution in [0.1, 0.15) is 10.4 Å². The number of ketones is 1. The molecule has 0 aliphatic heterocycles. The maximum atomic E-state index is 12.2. The number of carbonyl (C=O) groups excluding carboxylic acids is 1. The first-order chi connectivity index (χ1) is 7.89. The van der Waals surface area contributed by atoms with Gasteiger partial charge < -0.3 is 4.42 Å². The predicted molar refractivity (Wildman–Crippen MR) is 52.9 cm³/mol. The Bertz CT molecular complexity index is 640. The number of Topliss-reactive ketones (excluding diaryl/α,β-unsaturated/α-hetero) is 1. The molecule has 0 radical (unpaired) electrons. The fraction of sp³-hybridized carbons (Fsp3) is 0.0909. The molecule has 0 saturated heterocycles. The van der Waals surface area contributed by atoms with E-state index in [1.165, 1.54) is 12.1 Å². The summed E-state index contributed by atoms with van der Waals surface area (Å²) in [5.74, 6) is -2.20. The van der Waals surface area contributed by atoms with Crippen molar-refractivity contribution in [2.45, 2.75) is 6.18 Å². The second-order valence-electron chi connectivity index (χ2n) is 3.31. The summed E-state index contributed by atoms with van der Waals surface area (Å²) in [7, 11) is 0. The molecular formula is C11H5F3O3. The van der Waals surface area contributed by atoms with Crippen LogP contribution in [0.25, 0.3) is 11.0 Å². The van der Waals surface area contributed by atoms with Gasteiger partial charge in [0.15, 0.2) is 0 Å². The zero-order valence-corrected chi connectivity index (χ0v) is 8.25. The fourth-order valence-corrected chi connectivity index (χ4v) is 1.37. The Morgan fingerprint density at radius 3 is 2.47 bits per heavy atom. The monoisotopic (exact) mass is 242 g/mol. The first-order valence-corrected chi connectivity index (χ1v) is 4.54. The van der Waals surface area contributed by atoms with Gasteiger partial charge in [0.2, 0.25) is 0 Å². The van der Waals surface area contributed by atoms with Crippen molar-refractivity contribution in [1.29, 1.82) is 0 Å². The van der Waals surface area contributed by atoms with Gasteiger partial charge in [0.05, 0.1) is 0 Å². The van der Waals surface area contributed by atoms with E-state index >= 15 is 0 Å². The number of hydrogen-bond acceptors (Lipinski definition) is 3. The molecule has 0 N–H and O–H groups in total. The summed E-state index contributed by atoms with van der Waals surface area (Å²) in [5.41, 5.74) is -2.15. The van der Waals surface area contributed by atoms with Gasteiger partial charge in [-0.3, -0.25) is 4.79 Å². The Labute approximate surface area is 92.5 Å². The highest BCUT2D eigenvalue weighted by Gasteiger charge is 2.41. The highest BCUT2D eigenvalue weighted by Crippen LogP contribution is 2.21. The second kappa shape index (κ2) is 3.73. The molecule has 0 fully saturated rings. The zero-order chi connectivity index (χ0) is 12.6. The van der Waals surface area contributed by atoms with Gasteiger partial charge in [-0.25, -0.2) is 4.79 Å². The van der Waals surface area contributed by atoms with Crippen molar-refractivity contribution >= 4 is 16.8 Å². The molecule has 2 rings (SSSR count). The van der Waals surface area contributed by atoms with E-state index in [1.807, 2.05) is 0 Å². The van der Waals surface area contributed by atoms with Gasteiger partial charge in [-0.2, -0.15) is 13.2 Å². The van der Waals surface area contributed by atoms with Crippen LogP contribution in [0.3, 0.4) is 0 Å². The summed E-state index contributed by atoms with van der Waals surface area (Å²) in [6.45, 7) is 0. The van der Waals surface area contributed by atoms with Crippen molar-refractivity contribution in [3.63, 3.8) is 0 Å². The summed E-state index contributed by atoms with van der Waals surface area (Å²) >= 11 is 0. The molecule has 0 atom stereocenters. The highest BCUT2D eigenvalue weighted by molar-refractivity contribution is 6.01. The van der Waals surface area contributed by atoms with Crippen LogP contribution in [-0.4, -0.2) is 12.0 Å². The molecule has 2 aromatic rings. The van der Waals surface area contributed by atoms with Gasteiger partial charge in [-0.15, -0.1) is 0 Å². The quantitative estimate of drug-likeness (QED) is 0.570. The molecule has 0 unspecified atom stereocenters. The van der Waals surface area contributed by atoms with E-state index in [2.05, 4.69) is 4.42 Å². The first kappa shape index (κ1) is 11.4. The van der Waals surface area contributed by atoms with E-state index in [0.29, 0.717) is 0 Å². The van der Waals surface area contributed by atoms with Gasteiger partial charge in [0.25, 0.3) is 5.78 Å². The van der Waals surface area contributed by atoms with Crippen molar-refractivity contribution in [3.8, 4) is 0 Å². The molecule has 1 aromatic heterocycles. The molecule has 17 heavy (non-hydrogen) atoms. The number of carbonyl (C=O) groups is 1. The lowest BCUT2D eigenvalue weighted by molar-refractivity contribution is -0.0887. The third-order valence-electron chi connectivity index (χ3n) is 2.14. The third-order valence-corrected chi connectivity index (χ3v) is 2.14. The number of alkyl halides is 3. The van der Waals surface area contributed by atoms with E-state index in [9.17, 15) is 22.8 Å². The van der Waals surface area contributed by atoms with Gasteiger partial charge in [0.1, 0.15) is 11.1 Å². The Morgan fingerprint density at radius 1 is 1.18 bits per heavy atom. The maximum Gasteiger partial charge on any atom is 0.455 e. The summed E-state index contributed by atoms with van der Waals surface area (Å²) in [6.07, 6.45) is -5.09. The van der Waals surface area contributed by atoms with Gasteiger partial charge in [0, 0.05) is 5.39 Å². The number of fused-ring (bicyclic) bond motifs is 1. The van der Waals surface area contributed by atoms with E-state index in [-0.39, 0.29) is 11.0 Å². The third kappa shape index (κ3) is 2.06. The van der Waals surface area contributed by atoms with Crippen molar-refractivity contribution in [2.24, 2.45) is 0 Å². The van der Waals surface area contributed by atoms with Crippen LogP contribution in [-0.2, 0) is 0 Å². The average Bonchev–Trinajstić information content (AvgIpc) is 2.26. The van der Waals surface area contributed by atoms with Gasteiger partial charge >= 0.3 is 11.8 Å². The smallest absolute Gasteiger partial charge is 0.422 e. The van der Waals surface area contributed by atoms with Crippen LogP contribution in [0.15, 0.2) is 39.5 Å². The van der Waals surface area contributed by atoms with Crippen LogP contribution in [0.4, 0.5) is 13.2 Å². The predicted octanol–water partition coefficient (Wildman–Crippen LogP) is 2.54. The molecule has 0 aliphatic rings. The molecule has 0 bridgehead atoms. The number of hydrogen-bond donors (Lipinski definition) is 0. The molecule has 6 heteroatoms. The van der Waals surface area contributed by atoms with Crippen LogP contribution in [0.2, 0.25) is 0 Å². The van der Waals surface area contributed by atoms with Crippen molar-refractivity contribution < 1.29 is 22.4 Å². The van der Waals surface area contributed by atoms with Crippen molar-refractivity contribution in [1.82, 2.24) is 0 Å². The Hall–Kier alpha value is -2.11. The molecule has 0 saturated carbocycles. The van der Waals surface area contributed by atoms with E-state index in [1.54, 1.807) is 12.1 Å². The lowest BCUT2D eigenvalue weighted by Crippen LogP contribution is -2.27. The normalized spacial score (nSPS) is 11.7. The molecule has 88 valence electrons. The second-order valence-corrected chi connectivity index (χ2v) is 3.31. The highest BCUT2D eigenvalue weighted by atomic mass is 19.4. The summed E-state index contributed by atoms with van der Waals surface area (Å²) < 4.78 is 41.2. The van der Waals surface area contributed by atoms with Crippen LogP contribution < -0.4 is 5.63 Å². The molecule has 3 nitrogen and oxygen atoms in total. The van der Waals surface area contributed by atoms with Gasteiger partial charge in [-0.1, -0.05) is 18.2 Å². The molecule has 0 amide bonds. The first-order valence-electron chi connectivity index (χ1n) is 4.54. The van der Waals surface area contributed by atoms with Crippen LogP contribution in [0, 0.1) is 0 Å². The van der Waals surface area contributed by atoms with Crippen LogP contribution >= 0.6 is 0 Å². The topological polar surface area (TPSA) is 47.3 Å². The Balaban J connectivity index is 2.67. The minimum atomic E-state index is -5.09. The van der Waals surface area contributed by atoms with Crippen molar-refractivity contribution in [3.05, 3.63) is 46.3 Å². The Morgan fingerprint density at radius 2 is 1.82 bits per heavy atom. The van der Waals surface area contributed by atoms with E-state index < -0.39 is 23.1 Å². The van der Waals surface area contributed by atoms with Crippen molar-refractivity contribution in [2.75, 3.05) is 0 Å². The number of rotatable bonds is 1. The van der Waals surface area contributed by atoms with E-state index in [0.717, 1.165) is 6.07 Å². The lowest BCUT2D eigenvalue weighted by Gasteiger charge is -2.04. The van der Waals surface area contributed by atoms with E-state index in [4.69, 9.17) is 0 Å². The molecule has 0 spiro atoms. The number of halogens is 3. The average molecular weight is 242 g/mol. The zero-order valence-electron chi connectivity index (χ0n) is 8.25. The summed E-state index contributed by atoms with van der Waals surface area (Å²) in [6, 6.07) is 6.89. The largest absolute Gasteiger partial charge is 0.455 e. The fourth-order valence-electron chi connectivity index (χ4n) is 1.37. The SMILES string of the molecule is O=C(c1cc2ccccc2oc1=O)C(F)(F)F. The maximum absolute atomic E-state index is 12.2. The standard InChI is InChI=1S/C11H5F3O3/c12-11(13,14)9(15)7-5-6-3-1-2-4-8(6)17-10(7)16/h1-5H. The summed E-state index contributed by atoms with van der Waals surface area (Å²) in [4.78, 5) is 22.2. The molecule has 1 aromatic carbocycles. The molecule has 0 aliphatic carbocycles. The minimum Gasteiger partial charge on any atom is -0.422 e. The molecular weight excluding hydrogens is 237 g/mol. The Kier molecular flexibility index (Phi) is 2.49. The number of para-hydroxylation sites is 1.